The molecule has 139 heavy (non-hydrogen) atoms. The zero-order valence-corrected chi connectivity index (χ0v) is 83.2. The van der Waals surface area contributed by atoms with Crippen LogP contribution >= 0.6 is 15.9 Å². The van der Waals surface area contributed by atoms with Gasteiger partial charge in [-0.1, -0.05) is 48.6 Å². The van der Waals surface area contributed by atoms with Gasteiger partial charge < -0.3 is 40.0 Å². The van der Waals surface area contributed by atoms with E-state index >= 15 is 0 Å². The summed E-state index contributed by atoms with van der Waals surface area (Å²) in [6.45, 7) is 22.3. The molecule has 29 nitrogen and oxygen atoms in total. The van der Waals surface area contributed by atoms with Gasteiger partial charge in [0.15, 0.2) is 15.1 Å². The van der Waals surface area contributed by atoms with E-state index in [0.29, 0.717) is 108 Å². The normalized spacial score (nSPS) is 24.9. The quantitative estimate of drug-likeness (QED) is 0.0511. The van der Waals surface area contributed by atoms with Gasteiger partial charge in [-0.25, -0.2) is 70.4 Å². The van der Waals surface area contributed by atoms with Crippen molar-refractivity contribution < 1.29 is 75.3 Å². The van der Waals surface area contributed by atoms with Gasteiger partial charge in [-0.2, -0.15) is 25.3 Å². The van der Waals surface area contributed by atoms with Crippen molar-refractivity contribution in [2.24, 2.45) is 17.8 Å². The first kappa shape index (κ1) is 101. The van der Waals surface area contributed by atoms with Crippen LogP contribution in [0.5, 0.6) is 0 Å². The molecule has 0 spiro atoms. The monoisotopic (exact) mass is 2030 g/mol. The summed E-state index contributed by atoms with van der Waals surface area (Å²) in [7, 11) is -13.4. The SMILES string of the molecule is CC1(C)C[C@@H]2CC[C@H](c3ccccn3)Nc3cccc(n3)S(=O)(=O)NC(=O)c3ccc(Br)nc3N1C2.CC1(C)C[C@@H]2CC[C@H](c3ccccn3)Nc3cccc(n3)S(=O)(=O)NC(=O)c3ccc(C4=CCC(F)(F)CC4)nc3N1C2.CC1(C)C[C@@H]2CC[C@H](c3ccccn3)Nc3cccc(n3)S(=O)(=O)NC(=O)c3ccc(C4CCC(F)(F)CC4)nc3N1C2.CC1(C)OB(C2=CCC(F)(F)CC2)OC1(C)C. The number of sulfonamides is 3. The summed E-state index contributed by atoms with van der Waals surface area (Å²) in [6.07, 6.45) is 15.4. The fourth-order valence-corrected chi connectivity index (χ4v) is 23.2. The maximum atomic E-state index is 13.9. The maximum Gasteiger partial charge on any atom is 0.490 e. The molecular weight excluding hydrogens is 1920 g/mol. The molecule has 6 N–H and O–H groups in total. The number of hydrogen-bond acceptors (Lipinski definition) is 26. The molecular formula is C99H116BBrF6N18O11S3. The van der Waals surface area contributed by atoms with Crippen LogP contribution in [-0.4, -0.2) is 160 Å². The minimum atomic E-state index is -4.35. The van der Waals surface area contributed by atoms with Crippen molar-refractivity contribution in [1.29, 1.82) is 0 Å². The molecule has 7 aliphatic heterocycles. The number of carbonyl (C=O) groups is 3. The van der Waals surface area contributed by atoms with Crippen LogP contribution in [0, 0.1) is 17.8 Å². The number of aromatic nitrogens is 9. The number of nitrogens with one attached hydrogen (secondary N) is 6. The van der Waals surface area contributed by atoms with Crippen LogP contribution in [0.25, 0.3) is 5.57 Å². The second-order valence-electron chi connectivity index (χ2n) is 40.5. The van der Waals surface area contributed by atoms with Crippen molar-refractivity contribution in [3.8, 4) is 0 Å². The first-order chi connectivity index (χ1) is 65.6. The molecule has 3 aliphatic carbocycles. The Morgan fingerprint density at radius 2 is 0.763 bits per heavy atom. The number of allylic oxidation sites excluding steroid dienone is 4. The fourth-order valence-electron chi connectivity index (χ4n) is 20.1. The second kappa shape index (κ2) is 39.8. The van der Waals surface area contributed by atoms with Crippen LogP contribution in [-0.2, 0) is 39.4 Å². The number of pyridine rings is 9. The van der Waals surface area contributed by atoms with Crippen molar-refractivity contribution in [3.63, 3.8) is 0 Å². The smallest absolute Gasteiger partial charge is 0.400 e. The highest BCUT2D eigenvalue weighted by molar-refractivity contribution is 9.10. The van der Waals surface area contributed by atoms with Crippen LogP contribution in [0.3, 0.4) is 0 Å². The lowest BCUT2D eigenvalue weighted by atomic mass is 9.72. The standard InChI is InChI=1S/C31H36F2N6O3S.C31H34F2N6O3S.C25H27BrN6O3S.C12H19BF2O2/c2*1-30(2)18-20-9-11-25(24-6-3-4-17-34-24)35-26-7-5-8-27(37-26)43(41,42)38-29(40)22-10-12-23(36-28(22)39(30)19-20)21-13-15-31(32,33)16-14-21;1-25(2)14-16-9-11-19(18-6-3-4-13-27-18)28-21-7-5-8-22(30-21)36(34,35)31-24(33)17-10-12-20(26)29-23(17)32(25)15-16;1-10(2)11(3,4)17-13(16-10)9-5-7-12(14,15)8-6-9/h3-8,10,12,17,20-21,25H,9,11,13-16,18-19H2,1-2H3,(H,35,37)(H,38,40);3-8,10,12-13,17,20,25H,9,11,14-16,18-19H2,1-2H3,(H,35,37)(H,38,40);3-8,10,12-13,16,19H,9,11,14-15H2,1-2H3,(H,28,30)(H,31,33);5H,6-8H2,1-4H3/t2*20-,25+;16-,19+;/m000./s1. The Kier molecular flexibility index (Phi) is 28.9. The highest BCUT2D eigenvalue weighted by Gasteiger charge is 2.54. The van der Waals surface area contributed by atoms with Crippen molar-refractivity contribution in [2.45, 2.75) is 276 Å². The number of nitrogens with zero attached hydrogens (tertiary/aromatic N) is 12. The summed E-state index contributed by atoms with van der Waals surface area (Å²) in [5, 5.41) is 9.26. The minimum Gasteiger partial charge on any atom is -0.400 e. The highest BCUT2D eigenvalue weighted by atomic mass is 79.9. The Bertz CT molecular complexity index is 6480. The summed E-state index contributed by atoms with van der Waals surface area (Å²) in [4.78, 5) is 87.8. The second-order valence-corrected chi connectivity index (χ2v) is 46.2. The van der Waals surface area contributed by atoms with E-state index < -0.39 is 89.4 Å². The number of rotatable bonds is 6. The molecule has 1 saturated carbocycles. The molecule has 738 valence electrons. The predicted molar refractivity (Wildman–Crippen MR) is 521 cm³/mol. The summed E-state index contributed by atoms with van der Waals surface area (Å²) < 4.78 is 180. The maximum absolute atomic E-state index is 13.9. The van der Waals surface area contributed by atoms with Crippen LogP contribution in [0.4, 0.5) is 61.2 Å². The molecule has 0 aromatic carbocycles. The molecule has 9 aromatic heterocycles. The van der Waals surface area contributed by atoms with Gasteiger partial charge in [0.1, 0.15) is 39.5 Å². The number of hydrogen-bond donors (Lipinski definition) is 6. The topological polar surface area (TPSA) is 370 Å². The van der Waals surface area contributed by atoms with Crippen LogP contribution in [0.15, 0.2) is 201 Å². The zero-order valence-electron chi connectivity index (χ0n) is 79.1. The number of halogens is 7. The third-order valence-corrected chi connectivity index (χ3v) is 32.4. The zero-order chi connectivity index (χ0) is 99.2. The van der Waals surface area contributed by atoms with E-state index in [1.165, 1.54) is 24.3 Å². The molecule has 12 bridgehead atoms. The fraction of sp³-hybridized carbons (Fsp3) is 0.475. The number of alkyl halides is 6. The van der Waals surface area contributed by atoms with Crippen LogP contribution in [0.1, 0.15) is 275 Å². The van der Waals surface area contributed by atoms with Crippen molar-refractivity contribution >= 4 is 111 Å². The predicted octanol–water partition coefficient (Wildman–Crippen LogP) is 19.2. The molecule has 6 atom stereocenters. The minimum absolute atomic E-state index is 0.0957. The van der Waals surface area contributed by atoms with Gasteiger partial charge in [-0.3, -0.25) is 29.3 Å². The van der Waals surface area contributed by atoms with Crippen molar-refractivity contribution in [1.82, 2.24) is 59.0 Å². The van der Waals surface area contributed by atoms with E-state index in [0.717, 1.165) is 73.9 Å². The molecule has 0 radical (unpaired) electrons. The molecule has 5 fully saturated rings. The molecule has 10 aliphatic rings. The average molecular weight is 2040 g/mol. The lowest BCUT2D eigenvalue weighted by Gasteiger charge is -2.35. The molecule has 16 heterocycles. The van der Waals surface area contributed by atoms with Gasteiger partial charge in [-0.15, -0.1) is 0 Å². The van der Waals surface area contributed by atoms with E-state index in [4.69, 9.17) is 19.3 Å². The summed E-state index contributed by atoms with van der Waals surface area (Å²) in [5.74, 6) is -7.40. The Morgan fingerprint density at radius 1 is 0.388 bits per heavy atom. The average Bonchev–Trinajstić information content (AvgIpc) is 1.66. The Labute approximate surface area is 815 Å². The first-order valence-corrected chi connectivity index (χ1v) is 52.3. The number of fused-ring (bicyclic) bond motifs is 18. The first-order valence-electron chi connectivity index (χ1n) is 47.1. The van der Waals surface area contributed by atoms with E-state index in [1.54, 1.807) is 97.5 Å². The van der Waals surface area contributed by atoms with Crippen molar-refractivity contribution in [2.75, 3.05) is 50.3 Å². The Hall–Kier alpha value is -11.1. The lowest BCUT2D eigenvalue weighted by molar-refractivity contribution is -0.0385. The Balaban J connectivity index is 0.000000139. The number of anilines is 6. The van der Waals surface area contributed by atoms with Crippen molar-refractivity contribution in [3.05, 3.63) is 232 Å². The largest absolute Gasteiger partial charge is 0.490 e. The third-order valence-electron chi connectivity index (χ3n) is 28.2. The van der Waals surface area contributed by atoms with E-state index in [-0.39, 0.29) is 124 Å². The molecule has 4 saturated heterocycles. The van der Waals surface area contributed by atoms with Gasteiger partial charge in [0.2, 0.25) is 5.92 Å². The van der Waals surface area contributed by atoms with Gasteiger partial charge in [0.25, 0.3) is 59.6 Å². The van der Waals surface area contributed by atoms with E-state index in [1.807, 2.05) is 82.3 Å². The lowest BCUT2D eigenvalue weighted by Crippen LogP contribution is -2.41. The molecule has 3 amide bonds. The molecule has 0 unspecified atom stereocenters. The van der Waals surface area contributed by atoms with Crippen LogP contribution < -0.4 is 44.8 Å². The molecule has 9 aromatic rings. The van der Waals surface area contributed by atoms with E-state index in [9.17, 15) is 66.0 Å². The number of carbonyl (C=O) groups excluding carboxylic acids is 3. The Morgan fingerprint density at radius 3 is 1.14 bits per heavy atom. The molecule has 19 rings (SSSR count). The highest BCUT2D eigenvalue weighted by Crippen LogP contribution is 2.49. The van der Waals surface area contributed by atoms with E-state index in [2.05, 4.69) is 137 Å². The van der Waals surface area contributed by atoms with Gasteiger partial charge in [-0.05, 0) is 307 Å². The summed E-state index contributed by atoms with van der Waals surface area (Å²) >= 11 is 3.41. The summed E-state index contributed by atoms with van der Waals surface area (Å²) in [6, 6.07) is 40.0. The third kappa shape index (κ3) is 23.6. The summed E-state index contributed by atoms with van der Waals surface area (Å²) in [5.41, 5.74) is 3.73. The van der Waals surface area contributed by atoms with Crippen LogP contribution in [0.2, 0.25) is 0 Å². The van der Waals surface area contributed by atoms with Gasteiger partial charge in [0.05, 0.1) is 68.8 Å². The van der Waals surface area contributed by atoms with Gasteiger partial charge in [0, 0.05) is 105 Å². The van der Waals surface area contributed by atoms with Gasteiger partial charge >= 0.3 is 7.12 Å². The molecule has 40 heteroatoms. The number of amides is 3.